The molecule has 0 radical (unpaired) electrons. The van der Waals surface area contributed by atoms with Crippen LogP contribution in [0.2, 0.25) is 0 Å². The number of aromatic hydroxyl groups is 2. The lowest BCUT2D eigenvalue weighted by molar-refractivity contribution is 0.0690. The minimum atomic E-state index is -1.71. The summed E-state index contributed by atoms with van der Waals surface area (Å²) in [4.78, 5) is 14.5. The summed E-state index contributed by atoms with van der Waals surface area (Å²) in [5.74, 6) is -9.32. The molecule has 3 rings (SSSR count). The fourth-order valence-electron chi connectivity index (χ4n) is 2.47. The maximum absolute atomic E-state index is 14.2. The quantitative estimate of drug-likeness (QED) is 0.484. The van der Waals surface area contributed by atoms with Gasteiger partial charge in [-0.25, -0.2) is 27.3 Å². The van der Waals surface area contributed by atoms with E-state index in [1.54, 1.807) is 0 Å². The van der Waals surface area contributed by atoms with Crippen molar-refractivity contribution < 1.29 is 37.7 Å². The predicted molar refractivity (Wildman–Crippen MR) is 77.3 cm³/mol. The summed E-state index contributed by atoms with van der Waals surface area (Å²) in [6.07, 6.45) is 0. The lowest BCUT2D eigenvalue weighted by atomic mass is 9.99. The molecule has 5 nitrogen and oxygen atoms in total. The number of nitrogens with zero attached hydrogens (tertiary/aromatic N) is 1. The average molecular weight is 353 g/mol. The van der Waals surface area contributed by atoms with Gasteiger partial charge in [0.2, 0.25) is 5.88 Å². The van der Waals surface area contributed by atoms with Crippen LogP contribution in [-0.4, -0.2) is 26.3 Å². The van der Waals surface area contributed by atoms with Crippen LogP contribution in [0.15, 0.2) is 24.3 Å². The van der Waals surface area contributed by atoms with E-state index >= 15 is 0 Å². The van der Waals surface area contributed by atoms with Gasteiger partial charge >= 0.3 is 5.97 Å². The van der Waals surface area contributed by atoms with Gasteiger partial charge in [0.1, 0.15) is 17.4 Å². The Morgan fingerprint density at radius 3 is 2.32 bits per heavy atom. The summed E-state index contributed by atoms with van der Waals surface area (Å²) in [6, 6.07) is 2.45. The highest BCUT2D eigenvalue weighted by Crippen LogP contribution is 2.40. The lowest BCUT2D eigenvalue weighted by Gasteiger charge is -2.12. The first kappa shape index (κ1) is 16.5. The van der Waals surface area contributed by atoms with E-state index in [4.69, 9.17) is 5.11 Å². The van der Waals surface area contributed by atoms with E-state index in [1.807, 2.05) is 0 Å². The zero-order valence-electron chi connectivity index (χ0n) is 12.0. The molecule has 2 aromatic carbocycles. The number of aromatic nitrogens is 1. The second kappa shape index (κ2) is 5.62. The topological polar surface area (TPSA) is 90.7 Å². The molecule has 0 bridgehead atoms. The monoisotopic (exact) mass is 353 g/mol. The van der Waals surface area contributed by atoms with Crippen LogP contribution in [0.4, 0.5) is 17.6 Å². The third-order valence-corrected chi connectivity index (χ3v) is 3.54. The number of halogens is 4. The summed E-state index contributed by atoms with van der Waals surface area (Å²) in [7, 11) is 0. The molecule has 0 aliphatic rings. The number of carboxylic acids is 1. The van der Waals surface area contributed by atoms with E-state index in [0.29, 0.717) is 6.07 Å². The minimum Gasteiger partial charge on any atom is -0.506 e. The highest BCUT2D eigenvalue weighted by molar-refractivity contribution is 6.05. The van der Waals surface area contributed by atoms with Crippen LogP contribution in [0.1, 0.15) is 10.4 Å². The number of hydrogen-bond donors (Lipinski definition) is 3. The van der Waals surface area contributed by atoms with Gasteiger partial charge in [0.05, 0.1) is 5.52 Å². The maximum atomic E-state index is 14.2. The molecular formula is C16H7F4NO4. The fourth-order valence-corrected chi connectivity index (χ4v) is 2.47. The third kappa shape index (κ3) is 2.49. The summed E-state index contributed by atoms with van der Waals surface area (Å²) in [5.41, 5.74) is -3.09. The van der Waals surface area contributed by atoms with Gasteiger partial charge in [0, 0.05) is 22.6 Å². The molecule has 1 aromatic heterocycles. The van der Waals surface area contributed by atoms with Gasteiger partial charge < -0.3 is 15.3 Å². The second-order valence-corrected chi connectivity index (χ2v) is 5.03. The van der Waals surface area contributed by atoms with Crippen LogP contribution in [0.3, 0.4) is 0 Å². The SMILES string of the molecule is O=C(O)c1c(O)nc2c(-c3cc(F)cc(F)c3F)c(F)ccc2c1O. The van der Waals surface area contributed by atoms with Gasteiger partial charge in [-0.2, -0.15) is 0 Å². The molecule has 0 atom stereocenters. The van der Waals surface area contributed by atoms with Crippen LogP contribution < -0.4 is 0 Å². The standard InChI is InChI=1S/C16H7F4NO4/c17-5-3-7(12(20)9(19)4-5)10-8(18)2-1-6-13(10)21-15(23)11(14(6)22)16(24)25/h1-4H,(H,24,25)(H2,21,22,23). The Balaban J connectivity index is 2.49. The molecular weight excluding hydrogens is 346 g/mol. The van der Waals surface area contributed by atoms with Crippen molar-refractivity contribution in [1.29, 1.82) is 0 Å². The minimum absolute atomic E-state index is 0.257. The second-order valence-electron chi connectivity index (χ2n) is 5.03. The van der Waals surface area contributed by atoms with E-state index in [2.05, 4.69) is 4.98 Å². The van der Waals surface area contributed by atoms with Crippen molar-refractivity contribution in [3.8, 4) is 22.8 Å². The first-order valence-corrected chi connectivity index (χ1v) is 6.64. The molecule has 3 aromatic rings. The van der Waals surface area contributed by atoms with Crippen LogP contribution in [0, 0.1) is 23.3 Å². The normalized spacial score (nSPS) is 11.0. The highest BCUT2D eigenvalue weighted by atomic mass is 19.2. The average Bonchev–Trinajstić information content (AvgIpc) is 2.50. The Bertz CT molecular complexity index is 1050. The van der Waals surface area contributed by atoms with Crippen LogP contribution in [0.5, 0.6) is 11.6 Å². The van der Waals surface area contributed by atoms with Crippen molar-refractivity contribution >= 4 is 16.9 Å². The molecule has 128 valence electrons. The number of benzene rings is 2. The van der Waals surface area contributed by atoms with Gasteiger partial charge in [0.25, 0.3) is 0 Å². The number of hydrogen-bond acceptors (Lipinski definition) is 4. The van der Waals surface area contributed by atoms with Crippen molar-refractivity contribution in [3.63, 3.8) is 0 Å². The molecule has 0 aliphatic carbocycles. The van der Waals surface area contributed by atoms with Crippen LogP contribution in [-0.2, 0) is 0 Å². The number of aromatic carboxylic acids is 1. The molecule has 0 spiro atoms. The van der Waals surface area contributed by atoms with Crippen molar-refractivity contribution in [1.82, 2.24) is 4.98 Å². The number of carboxylic acid groups (broad SMARTS) is 1. The number of rotatable bonds is 2. The Labute approximate surface area is 136 Å². The van der Waals surface area contributed by atoms with Crippen molar-refractivity contribution in [2.24, 2.45) is 0 Å². The molecule has 25 heavy (non-hydrogen) atoms. The fraction of sp³-hybridized carbons (Fsp3) is 0. The summed E-state index contributed by atoms with van der Waals surface area (Å²) in [6.45, 7) is 0. The van der Waals surface area contributed by atoms with E-state index in [1.165, 1.54) is 0 Å². The number of pyridine rings is 1. The molecule has 0 unspecified atom stereocenters. The van der Waals surface area contributed by atoms with E-state index in [0.717, 1.165) is 12.1 Å². The molecule has 0 amide bonds. The first-order valence-electron chi connectivity index (χ1n) is 6.64. The number of fused-ring (bicyclic) bond motifs is 1. The highest BCUT2D eigenvalue weighted by Gasteiger charge is 2.25. The first-order chi connectivity index (χ1) is 11.7. The summed E-state index contributed by atoms with van der Waals surface area (Å²) < 4.78 is 55.1. The lowest BCUT2D eigenvalue weighted by Crippen LogP contribution is -2.02. The molecule has 9 heteroatoms. The Hall–Kier alpha value is -3.36. The van der Waals surface area contributed by atoms with Crippen LogP contribution >= 0.6 is 0 Å². The van der Waals surface area contributed by atoms with Gasteiger partial charge in [-0.3, -0.25) is 0 Å². The van der Waals surface area contributed by atoms with E-state index in [9.17, 15) is 32.6 Å². The molecule has 0 saturated carbocycles. The summed E-state index contributed by atoms with van der Waals surface area (Å²) in [5, 5.41) is 28.3. The zero-order chi connectivity index (χ0) is 18.5. The zero-order valence-corrected chi connectivity index (χ0v) is 12.0. The van der Waals surface area contributed by atoms with Crippen LogP contribution in [0.25, 0.3) is 22.0 Å². The van der Waals surface area contributed by atoms with Crippen molar-refractivity contribution in [2.45, 2.75) is 0 Å². The predicted octanol–water partition coefficient (Wildman–Crippen LogP) is 3.57. The van der Waals surface area contributed by atoms with Gasteiger partial charge in [-0.05, 0) is 18.2 Å². The van der Waals surface area contributed by atoms with Gasteiger partial charge in [-0.15, -0.1) is 0 Å². The van der Waals surface area contributed by atoms with E-state index in [-0.39, 0.29) is 11.5 Å². The molecule has 1 heterocycles. The molecule has 0 saturated heterocycles. The Morgan fingerprint density at radius 1 is 1.00 bits per heavy atom. The maximum Gasteiger partial charge on any atom is 0.345 e. The van der Waals surface area contributed by atoms with Crippen molar-refractivity contribution in [2.75, 3.05) is 0 Å². The molecule has 3 N–H and O–H groups in total. The smallest absolute Gasteiger partial charge is 0.345 e. The number of carbonyl (C=O) groups is 1. The van der Waals surface area contributed by atoms with Crippen molar-refractivity contribution in [3.05, 3.63) is 53.1 Å². The van der Waals surface area contributed by atoms with Gasteiger partial charge in [0.15, 0.2) is 17.2 Å². The Kier molecular flexibility index (Phi) is 3.71. The molecule has 0 aliphatic heterocycles. The third-order valence-electron chi connectivity index (χ3n) is 3.54. The Morgan fingerprint density at radius 2 is 1.68 bits per heavy atom. The summed E-state index contributed by atoms with van der Waals surface area (Å²) >= 11 is 0. The largest absolute Gasteiger partial charge is 0.506 e. The van der Waals surface area contributed by atoms with Gasteiger partial charge in [-0.1, -0.05) is 0 Å². The van der Waals surface area contributed by atoms with E-state index < -0.39 is 63.1 Å². The molecule has 0 fully saturated rings.